The maximum Gasteiger partial charge on any atom is 0.206 e. The number of aromatic nitrogens is 1. The van der Waals surface area contributed by atoms with Crippen LogP contribution in [0.25, 0.3) is 11.3 Å². The standard InChI is InChI=1S/C23H25N3O4S/c1-6-12-24-23-26(25-14-16-8-7-9-21(29-4)22(16)30-5)19(15-31-23)18-13-17(27-2)10-11-20(18)28-3/h6-11,13-15H,1,12H2,2-5H3. The molecule has 0 aliphatic carbocycles. The SMILES string of the molecule is C=CCN=c1scc(-c2cc(OC)ccc2OC)n1N=Cc1cccc(OC)c1OC. The van der Waals surface area contributed by atoms with E-state index in [1.807, 2.05) is 41.8 Å². The molecule has 1 aromatic heterocycles. The van der Waals surface area contributed by atoms with Crippen LogP contribution in [0, 0.1) is 0 Å². The van der Waals surface area contributed by atoms with Gasteiger partial charge in [0, 0.05) is 16.5 Å². The minimum atomic E-state index is 0.479. The molecule has 162 valence electrons. The molecule has 7 nitrogen and oxygen atoms in total. The Morgan fingerprint density at radius 2 is 1.81 bits per heavy atom. The lowest BCUT2D eigenvalue weighted by atomic mass is 10.1. The molecule has 3 rings (SSSR count). The average molecular weight is 440 g/mol. The molecule has 0 fully saturated rings. The van der Waals surface area contributed by atoms with Gasteiger partial charge in [-0.05, 0) is 30.3 Å². The Kier molecular flexibility index (Phi) is 7.50. The third-order valence-electron chi connectivity index (χ3n) is 4.47. The molecule has 0 aliphatic rings. The van der Waals surface area contributed by atoms with Crippen molar-refractivity contribution in [2.75, 3.05) is 35.0 Å². The van der Waals surface area contributed by atoms with E-state index >= 15 is 0 Å². The molecular formula is C23H25N3O4S. The summed E-state index contributed by atoms with van der Waals surface area (Å²) in [5.74, 6) is 2.66. The van der Waals surface area contributed by atoms with Crippen molar-refractivity contribution in [1.82, 2.24) is 4.68 Å². The lowest BCUT2D eigenvalue weighted by molar-refractivity contribution is 0.354. The summed E-state index contributed by atoms with van der Waals surface area (Å²) in [6, 6.07) is 11.3. The van der Waals surface area contributed by atoms with Gasteiger partial charge in [0.2, 0.25) is 4.80 Å². The second-order valence-corrected chi connectivity index (χ2v) is 7.07. The number of rotatable bonds is 9. The van der Waals surface area contributed by atoms with E-state index in [1.165, 1.54) is 11.3 Å². The molecule has 2 aromatic carbocycles. The minimum absolute atomic E-state index is 0.479. The predicted octanol–water partition coefficient (Wildman–Crippen LogP) is 4.22. The Labute approximate surface area is 185 Å². The first-order valence-corrected chi connectivity index (χ1v) is 10.3. The van der Waals surface area contributed by atoms with E-state index in [-0.39, 0.29) is 0 Å². The van der Waals surface area contributed by atoms with E-state index in [1.54, 1.807) is 45.4 Å². The highest BCUT2D eigenvalue weighted by Gasteiger charge is 2.14. The molecule has 8 heteroatoms. The number of hydrogen-bond donors (Lipinski definition) is 0. The Morgan fingerprint density at radius 1 is 1.00 bits per heavy atom. The van der Waals surface area contributed by atoms with Crippen molar-refractivity contribution in [3.05, 3.63) is 64.8 Å². The van der Waals surface area contributed by atoms with E-state index in [0.29, 0.717) is 23.8 Å². The molecule has 0 saturated heterocycles. The largest absolute Gasteiger partial charge is 0.497 e. The maximum absolute atomic E-state index is 5.57. The second kappa shape index (κ2) is 10.5. The number of para-hydroxylation sites is 1. The third-order valence-corrected chi connectivity index (χ3v) is 5.32. The van der Waals surface area contributed by atoms with Crippen LogP contribution < -0.4 is 23.7 Å². The van der Waals surface area contributed by atoms with Crippen LogP contribution in [-0.2, 0) is 0 Å². The number of nitrogens with zero attached hydrogens (tertiary/aromatic N) is 3. The summed E-state index contributed by atoms with van der Waals surface area (Å²) < 4.78 is 23.7. The molecular weight excluding hydrogens is 414 g/mol. The third kappa shape index (κ3) is 4.80. The fraction of sp³-hybridized carbons (Fsp3) is 0.217. The first-order chi connectivity index (χ1) is 15.2. The second-order valence-electron chi connectivity index (χ2n) is 6.24. The summed E-state index contributed by atoms with van der Waals surface area (Å²) in [7, 11) is 6.47. The van der Waals surface area contributed by atoms with E-state index in [4.69, 9.17) is 24.0 Å². The molecule has 3 aromatic rings. The average Bonchev–Trinajstić information content (AvgIpc) is 3.22. The fourth-order valence-electron chi connectivity index (χ4n) is 3.00. The number of methoxy groups -OCH3 is 4. The van der Waals surface area contributed by atoms with Crippen LogP contribution in [0.2, 0.25) is 0 Å². The summed E-state index contributed by atoms with van der Waals surface area (Å²) >= 11 is 1.48. The predicted molar refractivity (Wildman–Crippen MR) is 124 cm³/mol. The highest BCUT2D eigenvalue weighted by molar-refractivity contribution is 7.07. The monoisotopic (exact) mass is 439 g/mol. The van der Waals surface area contributed by atoms with Gasteiger partial charge in [0.1, 0.15) is 11.5 Å². The normalized spacial score (nSPS) is 11.5. The van der Waals surface area contributed by atoms with Crippen LogP contribution in [0.15, 0.2) is 64.5 Å². The summed E-state index contributed by atoms with van der Waals surface area (Å²) in [6.45, 7) is 4.23. The van der Waals surface area contributed by atoms with Gasteiger partial charge in [0.05, 0.1) is 46.9 Å². The number of thiazole rings is 1. The zero-order valence-electron chi connectivity index (χ0n) is 18.0. The Balaban J connectivity index is 2.18. The fourth-order valence-corrected chi connectivity index (χ4v) is 3.83. The van der Waals surface area contributed by atoms with Gasteiger partial charge in [-0.3, -0.25) is 4.99 Å². The summed E-state index contributed by atoms with van der Waals surface area (Å²) in [5.41, 5.74) is 2.44. The van der Waals surface area contributed by atoms with Gasteiger partial charge >= 0.3 is 0 Å². The van der Waals surface area contributed by atoms with Crippen LogP contribution in [0.3, 0.4) is 0 Å². The molecule has 0 radical (unpaired) electrons. The first kappa shape index (κ1) is 22.2. The van der Waals surface area contributed by atoms with Crippen molar-refractivity contribution >= 4 is 17.6 Å². The highest BCUT2D eigenvalue weighted by Crippen LogP contribution is 2.34. The first-order valence-electron chi connectivity index (χ1n) is 9.46. The number of hydrogen-bond acceptors (Lipinski definition) is 7. The molecule has 0 bridgehead atoms. The summed E-state index contributed by atoms with van der Waals surface area (Å²) in [6.07, 6.45) is 3.46. The zero-order valence-corrected chi connectivity index (χ0v) is 18.8. The van der Waals surface area contributed by atoms with Gasteiger partial charge in [-0.2, -0.15) is 5.10 Å². The lowest BCUT2D eigenvalue weighted by Gasteiger charge is -2.12. The molecule has 0 saturated carbocycles. The molecule has 31 heavy (non-hydrogen) atoms. The van der Waals surface area contributed by atoms with Gasteiger partial charge in [-0.1, -0.05) is 12.1 Å². The van der Waals surface area contributed by atoms with Crippen molar-refractivity contribution in [2.24, 2.45) is 10.1 Å². The van der Waals surface area contributed by atoms with E-state index in [0.717, 1.165) is 27.4 Å². The molecule has 1 heterocycles. The van der Waals surface area contributed by atoms with Gasteiger partial charge in [-0.15, -0.1) is 17.9 Å². The highest BCUT2D eigenvalue weighted by atomic mass is 32.1. The lowest BCUT2D eigenvalue weighted by Crippen LogP contribution is -2.13. The van der Waals surface area contributed by atoms with E-state index in [2.05, 4.69) is 11.6 Å². The topological polar surface area (TPSA) is 66.6 Å². The van der Waals surface area contributed by atoms with Gasteiger partial charge < -0.3 is 18.9 Å². The maximum atomic E-state index is 5.57. The molecule has 0 unspecified atom stereocenters. The summed E-state index contributed by atoms with van der Waals surface area (Å²) in [5, 5.41) is 6.71. The van der Waals surface area contributed by atoms with Crippen molar-refractivity contribution in [2.45, 2.75) is 0 Å². The van der Waals surface area contributed by atoms with Crippen molar-refractivity contribution in [3.63, 3.8) is 0 Å². The minimum Gasteiger partial charge on any atom is -0.497 e. The van der Waals surface area contributed by atoms with Crippen molar-refractivity contribution in [3.8, 4) is 34.3 Å². The smallest absolute Gasteiger partial charge is 0.206 e. The molecule has 0 amide bonds. The van der Waals surface area contributed by atoms with E-state index < -0.39 is 0 Å². The van der Waals surface area contributed by atoms with Crippen molar-refractivity contribution in [1.29, 1.82) is 0 Å². The van der Waals surface area contributed by atoms with Crippen LogP contribution in [-0.4, -0.2) is 45.9 Å². The van der Waals surface area contributed by atoms with Gasteiger partial charge in [-0.25, -0.2) is 4.68 Å². The quantitative estimate of drug-likeness (QED) is 0.370. The molecule has 0 N–H and O–H groups in total. The van der Waals surface area contributed by atoms with E-state index in [9.17, 15) is 0 Å². The Hall–Kier alpha value is -3.52. The molecule has 0 atom stereocenters. The van der Waals surface area contributed by atoms with Gasteiger partial charge in [0.25, 0.3) is 0 Å². The Bertz CT molecular complexity index is 1150. The van der Waals surface area contributed by atoms with Crippen LogP contribution in [0.1, 0.15) is 5.56 Å². The number of benzene rings is 2. The van der Waals surface area contributed by atoms with Crippen LogP contribution >= 0.6 is 11.3 Å². The van der Waals surface area contributed by atoms with Crippen LogP contribution in [0.5, 0.6) is 23.0 Å². The molecule has 0 spiro atoms. The Morgan fingerprint density at radius 3 is 2.48 bits per heavy atom. The van der Waals surface area contributed by atoms with Crippen LogP contribution in [0.4, 0.5) is 0 Å². The number of ether oxygens (including phenoxy) is 4. The summed E-state index contributed by atoms with van der Waals surface area (Å²) in [4.78, 5) is 5.30. The van der Waals surface area contributed by atoms with Gasteiger partial charge in [0.15, 0.2) is 11.5 Å². The van der Waals surface area contributed by atoms with Crippen molar-refractivity contribution < 1.29 is 18.9 Å². The zero-order chi connectivity index (χ0) is 22.2. The molecule has 0 aliphatic heterocycles.